The summed E-state index contributed by atoms with van der Waals surface area (Å²) in [4.78, 5) is 30.5. The molecule has 0 aliphatic rings. The summed E-state index contributed by atoms with van der Waals surface area (Å²) >= 11 is 0. The molecule has 0 radical (unpaired) electrons. The highest BCUT2D eigenvalue weighted by molar-refractivity contribution is 5.93. The zero-order valence-electron chi connectivity index (χ0n) is 21.1. The molecule has 0 bridgehead atoms. The third-order valence-electron chi connectivity index (χ3n) is 5.04. The van der Waals surface area contributed by atoms with Crippen molar-refractivity contribution in [3.8, 4) is 17.0 Å². The summed E-state index contributed by atoms with van der Waals surface area (Å²) in [7, 11) is 4.62. The van der Waals surface area contributed by atoms with Crippen LogP contribution in [0.15, 0.2) is 54.7 Å². The lowest BCUT2D eigenvalue weighted by Crippen LogP contribution is -2.31. The van der Waals surface area contributed by atoms with Crippen LogP contribution in [-0.4, -0.2) is 40.9 Å². The molecule has 1 unspecified atom stereocenters. The average Bonchev–Trinajstić information content (AvgIpc) is 3.21. The van der Waals surface area contributed by atoms with E-state index in [4.69, 9.17) is 6.11 Å². The second kappa shape index (κ2) is 11.3. The van der Waals surface area contributed by atoms with Gasteiger partial charge in [-0.1, -0.05) is 19.9 Å². The maximum absolute atomic E-state index is 13.2. The first-order chi connectivity index (χ1) is 16.7. The van der Waals surface area contributed by atoms with Gasteiger partial charge in [-0.15, -0.1) is 0 Å². The SMILES string of the molecule is [2H]C(c1ccc(-c2ccc(OC)cc2)nc1)N(C(=O)CC(C)C)c1cc(/C=C/C(=O)OC)n(C)n1. The van der Waals surface area contributed by atoms with Crippen molar-refractivity contribution >= 4 is 23.8 Å². The molecule has 8 heteroatoms. The lowest BCUT2D eigenvalue weighted by Gasteiger charge is -2.21. The number of hydrogen-bond acceptors (Lipinski definition) is 6. The van der Waals surface area contributed by atoms with E-state index in [-0.39, 0.29) is 18.2 Å². The first-order valence-electron chi connectivity index (χ1n) is 11.5. The van der Waals surface area contributed by atoms with Crippen LogP contribution < -0.4 is 9.64 Å². The highest BCUT2D eigenvalue weighted by Gasteiger charge is 2.21. The van der Waals surface area contributed by atoms with Crippen molar-refractivity contribution in [2.45, 2.75) is 26.8 Å². The molecule has 0 saturated carbocycles. The zero-order valence-corrected chi connectivity index (χ0v) is 20.1. The van der Waals surface area contributed by atoms with E-state index in [0.717, 1.165) is 17.0 Å². The largest absolute Gasteiger partial charge is 0.497 e. The van der Waals surface area contributed by atoms with E-state index in [1.54, 1.807) is 43.2 Å². The van der Waals surface area contributed by atoms with Crippen molar-refractivity contribution < 1.29 is 20.4 Å². The summed E-state index contributed by atoms with van der Waals surface area (Å²) in [6, 6.07) is 12.8. The molecule has 0 N–H and O–H groups in total. The van der Waals surface area contributed by atoms with E-state index in [9.17, 15) is 9.59 Å². The number of hydrogen-bond donors (Lipinski definition) is 0. The number of carbonyl (C=O) groups is 2. The third kappa shape index (κ3) is 6.31. The average molecular weight is 464 g/mol. The van der Waals surface area contributed by atoms with Crippen LogP contribution in [-0.2, 0) is 27.9 Å². The number of ether oxygens (including phenoxy) is 2. The Hall–Kier alpha value is -3.94. The molecule has 34 heavy (non-hydrogen) atoms. The molecule has 1 atom stereocenters. The van der Waals surface area contributed by atoms with Crippen LogP contribution in [0.25, 0.3) is 17.3 Å². The van der Waals surface area contributed by atoms with E-state index in [1.165, 1.54) is 18.1 Å². The maximum atomic E-state index is 13.2. The third-order valence-corrected chi connectivity index (χ3v) is 5.04. The van der Waals surface area contributed by atoms with Crippen molar-refractivity contribution in [1.82, 2.24) is 14.8 Å². The van der Waals surface area contributed by atoms with Crippen molar-refractivity contribution in [1.29, 1.82) is 0 Å². The van der Waals surface area contributed by atoms with Crippen LogP contribution in [0.3, 0.4) is 0 Å². The lowest BCUT2D eigenvalue weighted by molar-refractivity contribution is -0.134. The fourth-order valence-corrected chi connectivity index (χ4v) is 3.24. The topological polar surface area (TPSA) is 86.5 Å². The van der Waals surface area contributed by atoms with Crippen molar-refractivity contribution in [2.24, 2.45) is 13.0 Å². The molecule has 2 heterocycles. The molecule has 0 aliphatic carbocycles. The van der Waals surface area contributed by atoms with Crippen LogP contribution in [0.1, 0.15) is 32.9 Å². The standard InChI is InChI=1S/C26H30N4O4/c1-18(2)14-25(31)30(24-15-21(29(3)28-24)9-13-26(32)34-5)17-19-6-12-23(27-16-19)20-7-10-22(33-4)11-8-20/h6-13,15-16,18H,14,17H2,1-5H3/b13-9+/i17D. The van der Waals surface area contributed by atoms with E-state index in [0.29, 0.717) is 17.1 Å². The molecule has 0 saturated heterocycles. The Kier molecular flexibility index (Phi) is 7.70. The lowest BCUT2D eigenvalue weighted by atomic mass is 10.1. The van der Waals surface area contributed by atoms with Crippen molar-refractivity contribution in [2.75, 3.05) is 19.1 Å². The number of aromatic nitrogens is 3. The quantitative estimate of drug-likeness (QED) is 0.348. The molecule has 2 aromatic heterocycles. The van der Waals surface area contributed by atoms with Gasteiger partial charge >= 0.3 is 5.97 Å². The van der Waals surface area contributed by atoms with Gasteiger partial charge in [-0.3, -0.25) is 19.4 Å². The minimum Gasteiger partial charge on any atom is -0.497 e. The smallest absolute Gasteiger partial charge is 0.330 e. The molecule has 178 valence electrons. The molecule has 3 aromatic rings. The van der Waals surface area contributed by atoms with E-state index in [2.05, 4.69) is 14.8 Å². The Morgan fingerprint density at radius 3 is 2.50 bits per heavy atom. The second-order valence-electron chi connectivity index (χ2n) is 8.10. The molecule has 0 fully saturated rings. The van der Waals surface area contributed by atoms with Gasteiger partial charge in [0.05, 0.1) is 33.5 Å². The maximum Gasteiger partial charge on any atom is 0.330 e. The molecule has 0 aliphatic heterocycles. The van der Waals surface area contributed by atoms with Gasteiger partial charge in [0, 0.05) is 37.4 Å². The molecule has 1 amide bonds. The zero-order chi connectivity index (χ0) is 25.5. The number of aryl methyl sites for hydroxylation is 1. The van der Waals surface area contributed by atoms with Gasteiger partial charge < -0.3 is 9.47 Å². The fourth-order valence-electron chi connectivity index (χ4n) is 3.24. The summed E-state index contributed by atoms with van der Waals surface area (Å²) < 4.78 is 20.3. The summed E-state index contributed by atoms with van der Waals surface area (Å²) in [6.07, 6.45) is 4.70. The minimum atomic E-state index is -1.05. The van der Waals surface area contributed by atoms with Gasteiger partial charge in [0.15, 0.2) is 5.82 Å². The number of rotatable bonds is 9. The van der Waals surface area contributed by atoms with Crippen LogP contribution in [0, 0.1) is 5.92 Å². The minimum absolute atomic E-state index is 0.107. The van der Waals surface area contributed by atoms with Gasteiger partial charge in [0.1, 0.15) is 5.75 Å². The van der Waals surface area contributed by atoms with Crippen LogP contribution >= 0.6 is 0 Å². The van der Waals surface area contributed by atoms with E-state index >= 15 is 0 Å². The summed E-state index contributed by atoms with van der Waals surface area (Å²) in [5.41, 5.74) is 2.81. The Morgan fingerprint density at radius 1 is 1.18 bits per heavy atom. The number of nitrogens with zero attached hydrogens (tertiary/aromatic N) is 4. The predicted octanol–water partition coefficient (Wildman–Crippen LogP) is 4.26. The molecule has 1 aromatic carbocycles. The number of anilines is 1. The summed E-state index contributed by atoms with van der Waals surface area (Å²) in [5.74, 6) is 0.465. The summed E-state index contributed by atoms with van der Waals surface area (Å²) in [6.45, 7) is 2.85. The van der Waals surface area contributed by atoms with Gasteiger partial charge in [-0.2, -0.15) is 5.10 Å². The Balaban J connectivity index is 1.91. The normalized spacial score (nSPS) is 12.5. The second-order valence-corrected chi connectivity index (χ2v) is 8.10. The molecular weight excluding hydrogens is 432 g/mol. The van der Waals surface area contributed by atoms with Crippen molar-refractivity contribution in [3.05, 3.63) is 66.0 Å². The van der Waals surface area contributed by atoms with Crippen LogP contribution in [0.2, 0.25) is 0 Å². The first-order valence-corrected chi connectivity index (χ1v) is 10.9. The number of esters is 1. The van der Waals surface area contributed by atoms with E-state index in [1.807, 2.05) is 44.2 Å². The molecule has 0 spiro atoms. The number of amides is 1. The number of methoxy groups -OCH3 is 2. The fraction of sp³-hybridized carbons (Fsp3) is 0.308. The van der Waals surface area contributed by atoms with Gasteiger partial charge in [-0.05, 0) is 47.9 Å². The van der Waals surface area contributed by atoms with E-state index < -0.39 is 12.5 Å². The highest BCUT2D eigenvalue weighted by atomic mass is 16.5. The molecule has 8 nitrogen and oxygen atoms in total. The number of carbonyl (C=O) groups excluding carboxylic acids is 2. The predicted molar refractivity (Wildman–Crippen MR) is 131 cm³/mol. The van der Waals surface area contributed by atoms with Gasteiger partial charge in [0.25, 0.3) is 0 Å². The Morgan fingerprint density at radius 2 is 1.91 bits per heavy atom. The van der Waals surface area contributed by atoms with Crippen LogP contribution in [0.4, 0.5) is 5.82 Å². The van der Waals surface area contributed by atoms with Crippen LogP contribution in [0.5, 0.6) is 5.75 Å². The molecular formula is C26H30N4O4. The monoisotopic (exact) mass is 463 g/mol. The number of pyridine rings is 1. The number of benzene rings is 1. The first kappa shape index (κ1) is 23.2. The highest BCUT2D eigenvalue weighted by Crippen LogP contribution is 2.23. The van der Waals surface area contributed by atoms with Gasteiger partial charge in [0.2, 0.25) is 5.91 Å². The Bertz CT molecular complexity index is 1190. The Labute approximate surface area is 201 Å². The summed E-state index contributed by atoms with van der Waals surface area (Å²) in [5, 5.41) is 4.44. The molecule has 3 rings (SSSR count). The van der Waals surface area contributed by atoms with Crippen molar-refractivity contribution in [3.63, 3.8) is 0 Å². The van der Waals surface area contributed by atoms with Gasteiger partial charge in [-0.25, -0.2) is 4.79 Å².